The number of aromatic nitrogens is 3. The number of pyridine rings is 1. The molecule has 1 spiro atoms. The van der Waals surface area contributed by atoms with Crippen LogP contribution < -0.4 is 4.90 Å². The molecule has 11 nitrogen and oxygen atoms in total. The van der Waals surface area contributed by atoms with Crippen molar-refractivity contribution in [2.45, 2.75) is 43.6 Å². The van der Waals surface area contributed by atoms with E-state index >= 15 is 0 Å². The van der Waals surface area contributed by atoms with Crippen LogP contribution in [-0.4, -0.2) is 91.9 Å². The summed E-state index contributed by atoms with van der Waals surface area (Å²) in [6.07, 6.45) is 2.71. The van der Waals surface area contributed by atoms with Gasteiger partial charge in [-0.3, -0.25) is 19.5 Å². The molecule has 13 heteroatoms. The summed E-state index contributed by atoms with van der Waals surface area (Å²) in [7, 11) is 0. The lowest BCUT2D eigenvalue weighted by molar-refractivity contribution is -0.147. The average Bonchev–Trinajstić information content (AvgIpc) is 3.59. The van der Waals surface area contributed by atoms with Crippen molar-refractivity contribution < 1.29 is 33.1 Å². The summed E-state index contributed by atoms with van der Waals surface area (Å²) in [5.41, 5.74) is 2.08. The number of carboxylic acids is 1. The first-order valence-electron chi connectivity index (χ1n) is 12.9. The molecule has 1 atom stereocenters. The Hall–Kier alpha value is -4.42. The minimum absolute atomic E-state index is 0.220. The molecule has 3 aliphatic heterocycles. The first-order chi connectivity index (χ1) is 19.0. The van der Waals surface area contributed by atoms with Crippen molar-refractivity contribution in [3.05, 3.63) is 53.3 Å². The molecule has 0 saturated carbocycles. The number of rotatable bonds is 4. The third-order valence-corrected chi connectivity index (χ3v) is 8.29. The Balaban J connectivity index is 1.24. The Morgan fingerprint density at radius 3 is 2.65 bits per heavy atom. The quantitative estimate of drug-likeness (QED) is 0.505. The molecule has 3 aromatic rings. The van der Waals surface area contributed by atoms with Crippen LogP contribution in [0.25, 0.3) is 11.0 Å². The third-order valence-electron chi connectivity index (χ3n) is 8.29. The number of hydrogen-bond donors (Lipinski definition) is 2. The highest BCUT2D eigenvalue weighted by Crippen LogP contribution is 2.49. The number of nitrogens with one attached hydrogen (secondary N) is 1. The summed E-state index contributed by atoms with van der Waals surface area (Å²) in [4.78, 5) is 59.8. The number of aliphatic carboxylic acids is 1. The van der Waals surface area contributed by atoms with E-state index in [1.807, 2.05) is 13.0 Å². The van der Waals surface area contributed by atoms with Gasteiger partial charge in [0.25, 0.3) is 11.8 Å². The SMILES string of the molecule is Cc1cccc2c1C1(CCN(C(=O)c3cnc4[nH]ncc4c3)CC1)C(=O)N2CC(=O)N1CC(F)(F)CC1C(=O)O. The fraction of sp³-hybridized carbons (Fsp3) is 0.407. The number of benzene rings is 1. The monoisotopic (exact) mass is 552 g/mol. The van der Waals surface area contributed by atoms with E-state index in [0.29, 0.717) is 40.0 Å². The molecule has 2 aromatic heterocycles. The number of carbonyl (C=O) groups excluding carboxylic acids is 3. The maximum absolute atomic E-state index is 14.0. The van der Waals surface area contributed by atoms with Crippen LogP contribution in [0, 0.1) is 6.92 Å². The van der Waals surface area contributed by atoms with Gasteiger partial charge < -0.3 is 19.8 Å². The number of piperidine rings is 1. The minimum atomic E-state index is -3.32. The van der Waals surface area contributed by atoms with Crippen molar-refractivity contribution in [2.75, 3.05) is 31.1 Å². The molecule has 3 aliphatic rings. The second kappa shape index (κ2) is 9.07. The van der Waals surface area contributed by atoms with Gasteiger partial charge in [-0.2, -0.15) is 5.10 Å². The summed E-state index contributed by atoms with van der Waals surface area (Å²) >= 11 is 0. The van der Waals surface area contributed by atoms with Crippen LogP contribution in [-0.2, 0) is 19.8 Å². The third kappa shape index (κ3) is 3.98. The summed E-state index contributed by atoms with van der Waals surface area (Å²) in [6, 6.07) is 5.37. The van der Waals surface area contributed by atoms with E-state index in [-0.39, 0.29) is 24.9 Å². The van der Waals surface area contributed by atoms with E-state index in [1.165, 1.54) is 11.1 Å². The van der Waals surface area contributed by atoms with E-state index in [0.717, 1.165) is 11.1 Å². The zero-order chi connectivity index (χ0) is 28.4. The zero-order valence-corrected chi connectivity index (χ0v) is 21.6. The van der Waals surface area contributed by atoms with Crippen LogP contribution in [0.4, 0.5) is 14.5 Å². The number of hydrogen-bond acceptors (Lipinski definition) is 6. The van der Waals surface area contributed by atoms with Crippen LogP contribution in [0.3, 0.4) is 0 Å². The van der Waals surface area contributed by atoms with Gasteiger partial charge in [0, 0.05) is 36.8 Å². The molecule has 1 unspecified atom stereocenters. The number of carbonyl (C=O) groups is 4. The van der Waals surface area contributed by atoms with Gasteiger partial charge in [0.15, 0.2) is 5.65 Å². The first-order valence-corrected chi connectivity index (χ1v) is 12.9. The van der Waals surface area contributed by atoms with E-state index in [4.69, 9.17) is 0 Å². The molecule has 208 valence electrons. The van der Waals surface area contributed by atoms with Crippen molar-refractivity contribution in [2.24, 2.45) is 0 Å². The van der Waals surface area contributed by atoms with Crippen LogP contribution in [0.1, 0.15) is 40.7 Å². The minimum Gasteiger partial charge on any atom is -0.480 e. The molecule has 0 bridgehead atoms. The van der Waals surface area contributed by atoms with Gasteiger partial charge in [-0.15, -0.1) is 0 Å². The zero-order valence-electron chi connectivity index (χ0n) is 21.6. The normalized spacial score (nSPS) is 21.3. The molecule has 1 aromatic carbocycles. The molecule has 0 aliphatic carbocycles. The summed E-state index contributed by atoms with van der Waals surface area (Å²) in [5.74, 6) is -6.25. The van der Waals surface area contributed by atoms with Gasteiger partial charge in [0.05, 0.1) is 23.7 Å². The number of alkyl halides is 2. The second-order valence-electron chi connectivity index (χ2n) is 10.7. The highest BCUT2D eigenvalue weighted by Gasteiger charge is 2.55. The number of likely N-dealkylation sites (tertiary alicyclic amines) is 2. The van der Waals surface area contributed by atoms with E-state index in [9.17, 15) is 33.1 Å². The Bertz CT molecular complexity index is 1560. The van der Waals surface area contributed by atoms with Gasteiger partial charge in [-0.05, 0) is 43.0 Å². The summed E-state index contributed by atoms with van der Waals surface area (Å²) < 4.78 is 28.1. The van der Waals surface area contributed by atoms with Crippen molar-refractivity contribution in [3.63, 3.8) is 0 Å². The van der Waals surface area contributed by atoms with Gasteiger partial charge in [0.2, 0.25) is 11.8 Å². The topological polar surface area (TPSA) is 140 Å². The summed E-state index contributed by atoms with van der Waals surface area (Å²) in [5, 5.41) is 16.8. The smallest absolute Gasteiger partial charge is 0.326 e. The highest BCUT2D eigenvalue weighted by atomic mass is 19.3. The molecule has 3 amide bonds. The van der Waals surface area contributed by atoms with Crippen molar-refractivity contribution >= 4 is 40.4 Å². The number of H-pyrrole nitrogens is 1. The van der Waals surface area contributed by atoms with Crippen LogP contribution in [0.15, 0.2) is 36.7 Å². The van der Waals surface area contributed by atoms with Gasteiger partial charge in [0.1, 0.15) is 12.6 Å². The molecule has 6 rings (SSSR count). The van der Waals surface area contributed by atoms with Gasteiger partial charge in [-0.25, -0.2) is 18.6 Å². The lowest BCUT2D eigenvalue weighted by Gasteiger charge is -2.39. The number of carboxylic acid groups (broad SMARTS) is 1. The maximum Gasteiger partial charge on any atom is 0.326 e. The van der Waals surface area contributed by atoms with Gasteiger partial charge >= 0.3 is 5.97 Å². The standard InChI is InChI=1S/C27H26F2N6O5/c1-15-3-2-4-18-21(15)26(25(40)34(18)13-20(36)35-14-27(28,29)10-19(35)24(38)39)5-7-33(8-6-26)23(37)17-9-16-12-31-32-22(16)30-11-17/h2-4,9,11-12,19H,5-8,10,13-14H2,1H3,(H,38,39)(H,30,31,32). The molecule has 2 N–H and O–H groups in total. The number of fused-ring (bicyclic) bond motifs is 3. The Morgan fingerprint density at radius 2 is 1.93 bits per heavy atom. The van der Waals surface area contributed by atoms with Crippen molar-refractivity contribution in [3.8, 4) is 0 Å². The average molecular weight is 553 g/mol. The molecule has 2 fully saturated rings. The fourth-order valence-corrected chi connectivity index (χ4v) is 6.35. The number of aryl methyl sites for hydroxylation is 1. The number of aromatic amines is 1. The number of halogens is 2. The molecule has 2 saturated heterocycles. The van der Waals surface area contributed by atoms with Crippen LogP contribution >= 0.6 is 0 Å². The molecular formula is C27H26F2N6O5. The Labute approximate surface area is 226 Å². The van der Waals surface area contributed by atoms with Crippen molar-refractivity contribution in [1.29, 1.82) is 0 Å². The van der Waals surface area contributed by atoms with E-state index in [2.05, 4.69) is 15.2 Å². The molecule has 5 heterocycles. The Morgan fingerprint density at radius 1 is 1.18 bits per heavy atom. The highest BCUT2D eigenvalue weighted by molar-refractivity contribution is 6.11. The fourth-order valence-electron chi connectivity index (χ4n) is 6.35. The lowest BCUT2D eigenvalue weighted by atomic mass is 9.72. The predicted molar refractivity (Wildman–Crippen MR) is 137 cm³/mol. The first kappa shape index (κ1) is 25.8. The predicted octanol–water partition coefficient (Wildman–Crippen LogP) is 2.11. The number of anilines is 1. The largest absolute Gasteiger partial charge is 0.480 e. The number of nitrogens with zero attached hydrogens (tertiary/aromatic N) is 5. The van der Waals surface area contributed by atoms with Gasteiger partial charge in [-0.1, -0.05) is 12.1 Å². The second-order valence-corrected chi connectivity index (χ2v) is 10.7. The van der Waals surface area contributed by atoms with E-state index in [1.54, 1.807) is 29.3 Å². The van der Waals surface area contributed by atoms with E-state index < -0.39 is 48.8 Å². The summed E-state index contributed by atoms with van der Waals surface area (Å²) in [6.45, 7) is 0.874. The number of amides is 3. The Kier molecular flexibility index (Phi) is 5.86. The van der Waals surface area contributed by atoms with Crippen molar-refractivity contribution in [1.82, 2.24) is 25.0 Å². The molecule has 0 radical (unpaired) electrons. The van der Waals surface area contributed by atoms with Crippen LogP contribution in [0.5, 0.6) is 0 Å². The maximum atomic E-state index is 14.0. The molecular weight excluding hydrogens is 526 g/mol. The van der Waals surface area contributed by atoms with Crippen LogP contribution in [0.2, 0.25) is 0 Å². The lowest BCUT2D eigenvalue weighted by Crippen LogP contribution is -2.52. The molecule has 40 heavy (non-hydrogen) atoms.